The van der Waals surface area contributed by atoms with Crippen LogP contribution in [0.2, 0.25) is 0 Å². The van der Waals surface area contributed by atoms with Crippen LogP contribution in [0.5, 0.6) is 0 Å². The lowest BCUT2D eigenvalue weighted by Gasteiger charge is -2.36. The predicted molar refractivity (Wildman–Crippen MR) is 165 cm³/mol. The second-order valence-electron chi connectivity index (χ2n) is 10.7. The molecule has 3 saturated heterocycles. The summed E-state index contributed by atoms with van der Waals surface area (Å²) >= 11 is 1.09. The van der Waals surface area contributed by atoms with Crippen LogP contribution in [0.4, 0.5) is 8.78 Å². The Labute approximate surface area is 255 Å². The molecule has 5 heterocycles. The summed E-state index contributed by atoms with van der Waals surface area (Å²) in [7, 11) is -1.26. The molecule has 234 valence electrons. The number of aromatic nitrogens is 1. The minimum absolute atomic E-state index is 0.265. The van der Waals surface area contributed by atoms with Crippen LogP contribution < -0.4 is 5.73 Å². The molecule has 1 atom stereocenters. The number of rotatable bonds is 4. The number of carbonyl (C=O) groups excluding carboxylic acids is 3. The Bertz CT molecular complexity index is 1340. The first-order valence-electron chi connectivity index (χ1n) is 14.1. The number of nitrogens with two attached hydrogens (primary N) is 1. The van der Waals surface area contributed by atoms with Crippen LogP contribution in [0.3, 0.4) is 0 Å². The van der Waals surface area contributed by atoms with Crippen molar-refractivity contribution in [2.45, 2.75) is 62.6 Å². The van der Waals surface area contributed by atoms with Gasteiger partial charge in [0.1, 0.15) is 6.79 Å². The molecule has 43 heavy (non-hydrogen) atoms. The van der Waals surface area contributed by atoms with Crippen molar-refractivity contribution in [3.05, 3.63) is 64.8 Å². The highest BCUT2D eigenvalue weighted by Gasteiger charge is 2.41. The maximum absolute atomic E-state index is 13.4. The molecular weight excluding hydrogens is 597 g/mol. The number of hydrogen-bond acceptors (Lipinski definition) is 8. The standard InChI is InChI=1S/C10H8F2NO3PS.C10H17NO.C9H12N2.CH2O/c11-10(12,17(15)16)6-1-2-7-5(3-6)4-8(18-7)9(13)14;12-10-7-3-1-2-5-9-6-4-8-11(9)10;1-11-6-9(7-11)8-3-2-4-10-5-8;1-2/h1-4,15-16H,(H2,13,14);9H,1-8H2;2-5,9H,6-7H2,1H3;1H2. The average Bonchev–Trinajstić information content (AvgIpc) is 3.63. The van der Waals surface area contributed by atoms with Gasteiger partial charge in [0.2, 0.25) is 14.3 Å². The highest BCUT2D eigenvalue weighted by atomic mass is 32.1. The first-order valence-corrected chi connectivity index (χ1v) is 16.2. The van der Waals surface area contributed by atoms with E-state index in [0.717, 1.165) is 48.8 Å². The number of pyridine rings is 1. The van der Waals surface area contributed by atoms with Gasteiger partial charge in [0, 0.05) is 60.7 Å². The van der Waals surface area contributed by atoms with E-state index in [1.54, 1.807) is 0 Å². The molecule has 1 unspecified atom stereocenters. The monoisotopic (exact) mass is 636 g/mol. The van der Waals surface area contributed by atoms with Crippen molar-refractivity contribution < 1.29 is 33.0 Å². The van der Waals surface area contributed by atoms with Gasteiger partial charge in [0.15, 0.2) is 0 Å². The Kier molecular flexibility index (Phi) is 13.1. The molecule has 0 radical (unpaired) electrons. The van der Waals surface area contributed by atoms with Gasteiger partial charge in [-0.25, -0.2) is 0 Å². The fourth-order valence-electron chi connectivity index (χ4n) is 5.44. The first-order chi connectivity index (χ1) is 20.6. The molecule has 0 saturated carbocycles. The number of halogens is 2. The van der Waals surface area contributed by atoms with E-state index in [9.17, 15) is 18.4 Å². The van der Waals surface area contributed by atoms with Crippen LogP contribution >= 0.6 is 19.7 Å². The van der Waals surface area contributed by atoms with E-state index in [0.29, 0.717) is 22.0 Å². The third-order valence-corrected chi connectivity index (χ3v) is 9.59. The number of benzene rings is 1. The van der Waals surface area contributed by atoms with Gasteiger partial charge >= 0.3 is 5.66 Å². The number of likely N-dealkylation sites (N-methyl/N-ethyl adjacent to an activating group) is 1. The number of carbonyl (C=O) groups is 3. The molecule has 0 spiro atoms. The fourth-order valence-corrected chi connectivity index (χ4v) is 6.70. The van der Waals surface area contributed by atoms with E-state index in [1.165, 1.54) is 62.9 Å². The van der Waals surface area contributed by atoms with Gasteiger partial charge in [0.05, 0.1) is 4.88 Å². The number of amides is 2. The molecule has 9 nitrogen and oxygen atoms in total. The maximum Gasteiger partial charge on any atom is 0.339 e. The van der Waals surface area contributed by atoms with Crippen molar-refractivity contribution in [1.82, 2.24) is 14.8 Å². The van der Waals surface area contributed by atoms with Gasteiger partial charge in [-0.2, -0.15) is 8.78 Å². The first kappa shape index (κ1) is 34.6. The Balaban J connectivity index is 0.000000178. The van der Waals surface area contributed by atoms with Gasteiger partial charge < -0.3 is 30.1 Å². The minimum Gasteiger partial charge on any atom is -0.365 e. The van der Waals surface area contributed by atoms with E-state index in [-0.39, 0.29) is 4.88 Å². The number of likely N-dealkylation sites (tertiary alicyclic amines) is 1. The number of fused-ring (bicyclic) bond motifs is 2. The number of alkyl halides is 2. The molecular formula is C30H39F2N4O5PS. The molecule has 1 aromatic carbocycles. The Morgan fingerprint density at radius 1 is 1.12 bits per heavy atom. The zero-order valence-corrected chi connectivity index (χ0v) is 25.9. The average molecular weight is 637 g/mol. The molecule has 0 aliphatic carbocycles. The van der Waals surface area contributed by atoms with E-state index < -0.39 is 25.5 Å². The summed E-state index contributed by atoms with van der Waals surface area (Å²) in [4.78, 5) is 56.7. The second-order valence-corrected chi connectivity index (χ2v) is 13.0. The molecule has 2 aromatic heterocycles. The third-order valence-electron chi connectivity index (χ3n) is 7.70. The van der Waals surface area contributed by atoms with Crippen molar-refractivity contribution in [1.29, 1.82) is 0 Å². The quantitative estimate of drug-likeness (QED) is 0.334. The van der Waals surface area contributed by atoms with Crippen molar-refractivity contribution in [3.8, 4) is 0 Å². The zero-order chi connectivity index (χ0) is 31.6. The predicted octanol–water partition coefficient (Wildman–Crippen LogP) is 5.21. The Morgan fingerprint density at radius 2 is 1.84 bits per heavy atom. The molecule has 3 aromatic rings. The topological polar surface area (TPSA) is 137 Å². The van der Waals surface area contributed by atoms with Crippen molar-refractivity contribution in [2.24, 2.45) is 5.73 Å². The van der Waals surface area contributed by atoms with Crippen LogP contribution in [-0.2, 0) is 15.3 Å². The molecule has 13 heteroatoms. The highest BCUT2D eigenvalue weighted by molar-refractivity contribution is 7.46. The fraction of sp³-hybridized carbons (Fsp3) is 0.467. The third kappa shape index (κ3) is 9.30. The summed E-state index contributed by atoms with van der Waals surface area (Å²) in [5.74, 6) is 0.516. The molecule has 3 fully saturated rings. The number of thiophene rings is 1. The normalized spacial score (nSPS) is 19.0. The summed E-state index contributed by atoms with van der Waals surface area (Å²) in [5, 5.41) is 0.419. The second kappa shape index (κ2) is 16.3. The summed E-state index contributed by atoms with van der Waals surface area (Å²) in [6.45, 7) is 5.40. The summed E-state index contributed by atoms with van der Waals surface area (Å²) in [5.41, 5.74) is 2.28. The lowest BCUT2D eigenvalue weighted by molar-refractivity contribution is -0.132. The van der Waals surface area contributed by atoms with Crippen LogP contribution in [0.25, 0.3) is 10.1 Å². The Hall–Kier alpha value is -2.89. The lowest BCUT2D eigenvalue weighted by Crippen LogP contribution is -2.41. The molecule has 4 N–H and O–H groups in total. The van der Waals surface area contributed by atoms with E-state index in [2.05, 4.69) is 27.9 Å². The number of nitrogens with zero attached hydrogens (tertiary/aromatic N) is 3. The zero-order valence-electron chi connectivity index (χ0n) is 24.2. The molecule has 2 amide bonds. The van der Waals surface area contributed by atoms with E-state index in [4.69, 9.17) is 20.3 Å². The molecule has 0 bridgehead atoms. The van der Waals surface area contributed by atoms with Crippen molar-refractivity contribution >= 4 is 48.4 Å². The van der Waals surface area contributed by atoms with Crippen molar-refractivity contribution in [3.63, 3.8) is 0 Å². The van der Waals surface area contributed by atoms with E-state index >= 15 is 0 Å². The highest BCUT2D eigenvalue weighted by Crippen LogP contribution is 2.53. The minimum atomic E-state index is -3.70. The van der Waals surface area contributed by atoms with Crippen LogP contribution in [0, 0.1) is 0 Å². The van der Waals surface area contributed by atoms with E-state index in [1.807, 2.05) is 25.2 Å². The SMILES string of the molecule is C=O.CN1CC(c2cccnc2)C1.NC(=O)c1cc2cc(C(F)(F)P(O)O)ccc2s1.O=C1CCCCCC2CCCN12. The van der Waals surface area contributed by atoms with Crippen LogP contribution in [0.1, 0.15) is 71.7 Å². The number of hydrogen-bond donors (Lipinski definition) is 3. The van der Waals surface area contributed by atoms with Gasteiger partial charge in [-0.3, -0.25) is 14.6 Å². The molecule has 6 rings (SSSR count). The summed E-state index contributed by atoms with van der Waals surface area (Å²) in [6.07, 6.45) is 12.0. The largest absolute Gasteiger partial charge is 0.365 e. The smallest absolute Gasteiger partial charge is 0.339 e. The number of primary amides is 1. The summed E-state index contributed by atoms with van der Waals surface area (Å²) < 4.78 is 27.5. The Morgan fingerprint density at radius 3 is 2.47 bits per heavy atom. The van der Waals surface area contributed by atoms with Gasteiger partial charge in [0.25, 0.3) is 5.91 Å². The van der Waals surface area contributed by atoms with Crippen LogP contribution in [-0.4, -0.2) is 75.9 Å². The van der Waals surface area contributed by atoms with Gasteiger partial charge in [-0.15, -0.1) is 11.3 Å². The van der Waals surface area contributed by atoms with Gasteiger partial charge in [-0.1, -0.05) is 25.0 Å². The summed E-state index contributed by atoms with van der Waals surface area (Å²) in [6, 6.07) is 9.80. The van der Waals surface area contributed by atoms with Gasteiger partial charge in [-0.05, 0) is 67.9 Å². The molecule has 3 aliphatic heterocycles. The maximum atomic E-state index is 13.4. The lowest BCUT2D eigenvalue weighted by atomic mass is 9.94. The van der Waals surface area contributed by atoms with Crippen molar-refractivity contribution in [2.75, 3.05) is 26.7 Å². The van der Waals surface area contributed by atoms with Crippen LogP contribution in [0.15, 0.2) is 48.8 Å². The molecule has 3 aliphatic rings.